The number of nitrogens with one attached hydrogen (secondary N) is 1. The number of fused-ring (bicyclic) bond motifs is 1. The van der Waals surface area contributed by atoms with Crippen LogP contribution in [0, 0.1) is 11.8 Å². The molecule has 6 heteroatoms. The third-order valence-corrected chi connectivity index (χ3v) is 6.21. The lowest BCUT2D eigenvalue weighted by molar-refractivity contribution is -0.138. The molecule has 2 bridgehead atoms. The number of nitrogens with zero attached hydrogens (tertiary/aromatic N) is 1. The molecule has 2 amide bonds. The fourth-order valence-corrected chi connectivity index (χ4v) is 5.06. The number of likely N-dealkylation sites (tertiary alicyclic amines) is 1. The third-order valence-electron chi connectivity index (χ3n) is 6.21. The van der Waals surface area contributed by atoms with E-state index in [9.17, 15) is 9.59 Å². The van der Waals surface area contributed by atoms with Crippen molar-refractivity contribution in [3.63, 3.8) is 0 Å². The summed E-state index contributed by atoms with van der Waals surface area (Å²) in [6.07, 6.45) is 9.76. The van der Waals surface area contributed by atoms with Gasteiger partial charge in [0.2, 0.25) is 11.8 Å². The van der Waals surface area contributed by atoms with E-state index in [1.165, 1.54) is 12.8 Å². The number of hydrogen-bond acceptors (Lipinski definition) is 4. The van der Waals surface area contributed by atoms with Crippen molar-refractivity contribution in [1.82, 2.24) is 10.2 Å². The summed E-state index contributed by atoms with van der Waals surface area (Å²) in [5.74, 6) is -0.164. The van der Waals surface area contributed by atoms with Gasteiger partial charge in [0, 0.05) is 6.04 Å². The van der Waals surface area contributed by atoms with Gasteiger partial charge in [-0.1, -0.05) is 25.0 Å². The maximum Gasteiger partial charge on any atom is 0.230 e. The topological polar surface area (TPSA) is 71.8 Å². The summed E-state index contributed by atoms with van der Waals surface area (Å²) >= 11 is 0. The molecule has 0 aromatic carbocycles. The van der Waals surface area contributed by atoms with E-state index in [1.807, 2.05) is 23.1 Å². The van der Waals surface area contributed by atoms with Crippen LogP contribution in [0.3, 0.4) is 0 Å². The number of carbonyl (C=O) groups excluding carboxylic acids is 2. The van der Waals surface area contributed by atoms with Crippen molar-refractivity contribution in [2.75, 3.05) is 6.54 Å². The molecular weight excluding hydrogens is 320 g/mol. The molecule has 5 rings (SSSR count). The van der Waals surface area contributed by atoms with Crippen LogP contribution in [-0.4, -0.2) is 41.0 Å². The third kappa shape index (κ3) is 2.20. The average molecular weight is 342 g/mol. The van der Waals surface area contributed by atoms with Gasteiger partial charge < -0.3 is 19.4 Å². The fourth-order valence-electron chi connectivity index (χ4n) is 5.06. The molecule has 1 spiro atoms. The van der Waals surface area contributed by atoms with Gasteiger partial charge in [0.05, 0.1) is 37.3 Å². The summed E-state index contributed by atoms with van der Waals surface area (Å²) in [4.78, 5) is 27.9. The van der Waals surface area contributed by atoms with Gasteiger partial charge in [-0.15, -0.1) is 0 Å². The Bertz CT molecular complexity index is 722. The molecule has 2 saturated heterocycles. The summed E-state index contributed by atoms with van der Waals surface area (Å²) in [6, 6.07) is 3.93. The molecule has 0 unspecified atom stereocenters. The van der Waals surface area contributed by atoms with E-state index in [0.717, 1.165) is 12.8 Å². The van der Waals surface area contributed by atoms with Crippen LogP contribution in [0.4, 0.5) is 0 Å². The quantitative estimate of drug-likeness (QED) is 0.844. The Kier molecular flexibility index (Phi) is 3.32. The zero-order valence-electron chi connectivity index (χ0n) is 14.0. The van der Waals surface area contributed by atoms with Gasteiger partial charge in [-0.2, -0.15) is 0 Å². The van der Waals surface area contributed by atoms with Crippen molar-refractivity contribution >= 4 is 11.8 Å². The largest absolute Gasteiger partial charge is 0.467 e. The lowest BCUT2D eigenvalue weighted by Crippen LogP contribution is -2.44. The van der Waals surface area contributed by atoms with Gasteiger partial charge in [-0.25, -0.2) is 0 Å². The normalized spacial score (nSPS) is 36.4. The van der Waals surface area contributed by atoms with Crippen molar-refractivity contribution in [1.29, 1.82) is 0 Å². The van der Waals surface area contributed by atoms with Crippen LogP contribution in [0.2, 0.25) is 0 Å². The smallest absolute Gasteiger partial charge is 0.230 e. The minimum absolute atomic E-state index is 0.0944. The van der Waals surface area contributed by atoms with E-state index >= 15 is 0 Å². The zero-order chi connectivity index (χ0) is 17.0. The molecule has 132 valence electrons. The average Bonchev–Trinajstić information content (AvgIpc) is 3.39. The molecule has 1 N–H and O–H groups in total. The molecule has 4 aliphatic rings. The predicted molar refractivity (Wildman–Crippen MR) is 88.2 cm³/mol. The molecule has 25 heavy (non-hydrogen) atoms. The number of hydrogen-bond donors (Lipinski definition) is 1. The Labute approximate surface area is 146 Å². The second-order valence-corrected chi connectivity index (χ2v) is 7.60. The minimum atomic E-state index is -0.600. The first-order chi connectivity index (χ1) is 12.2. The summed E-state index contributed by atoms with van der Waals surface area (Å²) in [5, 5.41) is 2.91. The summed E-state index contributed by atoms with van der Waals surface area (Å²) < 4.78 is 11.4. The van der Waals surface area contributed by atoms with Crippen molar-refractivity contribution in [2.45, 2.75) is 50.0 Å². The lowest BCUT2D eigenvalue weighted by Gasteiger charge is -2.26. The summed E-state index contributed by atoms with van der Waals surface area (Å²) in [5.41, 5.74) is -0.600. The van der Waals surface area contributed by atoms with Gasteiger partial charge in [0.25, 0.3) is 0 Å². The fraction of sp³-hybridized carbons (Fsp3) is 0.579. The minimum Gasteiger partial charge on any atom is -0.467 e. The number of carbonyl (C=O) groups is 2. The molecule has 1 aromatic heterocycles. The Hall–Kier alpha value is -2.08. The van der Waals surface area contributed by atoms with Crippen molar-refractivity contribution in [3.05, 3.63) is 36.3 Å². The molecule has 3 aliphatic heterocycles. The highest BCUT2D eigenvalue weighted by Gasteiger charge is 2.67. The molecule has 6 nitrogen and oxygen atoms in total. The molecular formula is C19H22N2O4. The number of amides is 2. The van der Waals surface area contributed by atoms with E-state index < -0.39 is 11.5 Å². The zero-order valence-corrected chi connectivity index (χ0v) is 14.0. The Morgan fingerprint density at radius 2 is 2.20 bits per heavy atom. The van der Waals surface area contributed by atoms with Crippen molar-refractivity contribution < 1.29 is 18.7 Å². The summed E-state index contributed by atoms with van der Waals surface area (Å²) in [6.45, 7) is 0.926. The highest BCUT2D eigenvalue weighted by Crippen LogP contribution is 2.52. The lowest BCUT2D eigenvalue weighted by atomic mass is 9.77. The molecule has 1 saturated carbocycles. The van der Waals surface area contributed by atoms with Crippen molar-refractivity contribution in [3.8, 4) is 0 Å². The van der Waals surface area contributed by atoms with E-state index in [2.05, 4.69) is 5.32 Å². The van der Waals surface area contributed by atoms with E-state index in [0.29, 0.717) is 24.9 Å². The van der Waals surface area contributed by atoms with Crippen LogP contribution >= 0.6 is 0 Å². The molecule has 3 fully saturated rings. The Morgan fingerprint density at radius 1 is 1.36 bits per heavy atom. The highest BCUT2D eigenvalue weighted by atomic mass is 16.5. The SMILES string of the molecule is O=C(NCc1ccco1)[C@@H]1[C@@H]2C=C[C@]3(CN(C4CCCC4)C(=O)[C@H]13)O2. The molecule has 0 radical (unpaired) electrons. The maximum atomic E-state index is 13.1. The predicted octanol–water partition coefficient (Wildman–Crippen LogP) is 1.62. The Balaban J connectivity index is 1.36. The number of rotatable bonds is 4. The van der Waals surface area contributed by atoms with E-state index in [4.69, 9.17) is 9.15 Å². The van der Waals surface area contributed by atoms with Gasteiger partial charge in [0.1, 0.15) is 11.4 Å². The first-order valence-electron chi connectivity index (χ1n) is 9.16. The second-order valence-electron chi connectivity index (χ2n) is 7.60. The van der Waals surface area contributed by atoms with Gasteiger partial charge in [-0.3, -0.25) is 9.59 Å². The van der Waals surface area contributed by atoms with Gasteiger partial charge >= 0.3 is 0 Å². The van der Waals surface area contributed by atoms with E-state index in [1.54, 1.807) is 12.3 Å². The molecule has 1 aliphatic carbocycles. The molecule has 1 aromatic rings. The molecule has 4 heterocycles. The monoisotopic (exact) mass is 342 g/mol. The first kappa shape index (κ1) is 15.2. The van der Waals surface area contributed by atoms with Crippen LogP contribution < -0.4 is 5.32 Å². The van der Waals surface area contributed by atoms with E-state index in [-0.39, 0.29) is 23.8 Å². The second kappa shape index (κ2) is 5.46. The first-order valence-corrected chi connectivity index (χ1v) is 9.16. The van der Waals surface area contributed by atoms with Gasteiger partial charge in [0.15, 0.2) is 0 Å². The van der Waals surface area contributed by atoms with Crippen LogP contribution in [0.25, 0.3) is 0 Å². The van der Waals surface area contributed by atoms with Crippen LogP contribution in [0.1, 0.15) is 31.4 Å². The van der Waals surface area contributed by atoms with Gasteiger partial charge in [-0.05, 0) is 25.0 Å². The maximum absolute atomic E-state index is 13.1. The van der Waals surface area contributed by atoms with Crippen LogP contribution in [-0.2, 0) is 20.9 Å². The molecule has 4 atom stereocenters. The summed E-state index contributed by atoms with van der Waals surface area (Å²) in [7, 11) is 0. The van der Waals surface area contributed by atoms with Crippen LogP contribution in [0.15, 0.2) is 35.0 Å². The standard InChI is InChI=1S/C19H22N2O4/c22-17(20-10-13-6-3-9-24-13)15-14-7-8-19(25-14)11-21(18(23)16(15)19)12-4-1-2-5-12/h3,6-9,12,14-16H,1-2,4-5,10-11H2,(H,20,22)/t14-,15+,16-,19+/m0/s1. The number of ether oxygens (including phenoxy) is 1. The van der Waals surface area contributed by atoms with Crippen LogP contribution in [0.5, 0.6) is 0 Å². The van der Waals surface area contributed by atoms with Crippen molar-refractivity contribution in [2.24, 2.45) is 11.8 Å². The Morgan fingerprint density at radius 3 is 2.96 bits per heavy atom. The highest BCUT2D eigenvalue weighted by molar-refractivity contribution is 5.93. The number of furan rings is 1.